The molecule has 1 aromatic carbocycles. The van der Waals surface area contributed by atoms with Crippen LogP contribution in [0.3, 0.4) is 0 Å². The van der Waals surface area contributed by atoms with E-state index in [0.717, 1.165) is 5.56 Å². The summed E-state index contributed by atoms with van der Waals surface area (Å²) in [6, 6.07) is 10.8. The van der Waals surface area contributed by atoms with E-state index >= 15 is 0 Å². The molecule has 12 nitrogen and oxygen atoms in total. The molecule has 5 rings (SSSR count). The fourth-order valence-electron chi connectivity index (χ4n) is 4.88. The Morgan fingerprint density at radius 1 is 1.00 bits per heavy atom. The summed E-state index contributed by atoms with van der Waals surface area (Å²) >= 11 is 0. The number of hydrogen-bond acceptors (Lipinski definition) is 7. The van der Waals surface area contributed by atoms with Gasteiger partial charge in [-0.25, -0.2) is 0 Å². The predicted molar refractivity (Wildman–Crippen MR) is 139 cm³/mol. The van der Waals surface area contributed by atoms with Crippen molar-refractivity contribution in [3.05, 3.63) is 77.9 Å². The number of carbonyl (C=O) groups excluding carboxylic acids is 4. The number of nitrogens with zero attached hydrogens (tertiary/aromatic N) is 6. The monoisotopic (exact) mass is 530 g/mol. The van der Waals surface area contributed by atoms with E-state index < -0.39 is 18.0 Å². The van der Waals surface area contributed by atoms with E-state index in [0.29, 0.717) is 24.2 Å². The molecule has 39 heavy (non-hydrogen) atoms. The van der Waals surface area contributed by atoms with Gasteiger partial charge in [0.1, 0.15) is 17.8 Å². The Bertz CT molecular complexity index is 1330. The van der Waals surface area contributed by atoms with E-state index in [1.54, 1.807) is 27.9 Å². The number of fused-ring (bicyclic) bond motifs is 3. The number of rotatable bonds is 3. The fourth-order valence-corrected chi connectivity index (χ4v) is 4.88. The molecule has 0 unspecified atom stereocenters. The van der Waals surface area contributed by atoms with Crippen LogP contribution in [0.15, 0.2) is 61.1 Å². The average molecular weight is 531 g/mol. The first-order chi connectivity index (χ1) is 19.0. The Morgan fingerprint density at radius 3 is 2.59 bits per heavy atom. The number of piperazine rings is 1. The van der Waals surface area contributed by atoms with Crippen molar-refractivity contribution in [3.8, 4) is 0 Å². The smallest absolute Gasteiger partial charge is 0.254 e. The van der Waals surface area contributed by atoms with E-state index in [1.165, 1.54) is 17.3 Å². The zero-order valence-electron chi connectivity index (χ0n) is 21.4. The molecule has 2 aliphatic rings. The van der Waals surface area contributed by atoms with Gasteiger partial charge in [-0.3, -0.25) is 28.8 Å². The van der Waals surface area contributed by atoms with Gasteiger partial charge < -0.3 is 20.4 Å². The van der Waals surface area contributed by atoms with Gasteiger partial charge in [0.2, 0.25) is 17.7 Å². The summed E-state index contributed by atoms with van der Waals surface area (Å²) in [6.07, 6.45) is 5.80. The number of aryl methyl sites for hydroxylation is 1. The molecular formula is C27H30N8O4. The SMILES string of the molecule is O=C1CCCn2cc(nn2)CNC(=O)[C@H]2CN(C(=O)c3ccncc3)CCN2C(=O)[C@H](Cc2ccccc2)N1. The third-order valence-corrected chi connectivity index (χ3v) is 6.92. The van der Waals surface area contributed by atoms with Crippen molar-refractivity contribution < 1.29 is 19.2 Å². The van der Waals surface area contributed by atoms with Gasteiger partial charge in [0.05, 0.1) is 19.3 Å². The third kappa shape index (κ3) is 6.28. The molecule has 2 atom stereocenters. The second kappa shape index (κ2) is 11.8. The molecule has 4 amide bonds. The van der Waals surface area contributed by atoms with Crippen molar-refractivity contribution in [3.63, 3.8) is 0 Å². The van der Waals surface area contributed by atoms with E-state index in [4.69, 9.17) is 0 Å². The first-order valence-corrected chi connectivity index (χ1v) is 13.0. The third-order valence-electron chi connectivity index (χ3n) is 6.92. The van der Waals surface area contributed by atoms with Crippen molar-refractivity contribution in [2.24, 2.45) is 0 Å². The average Bonchev–Trinajstić information content (AvgIpc) is 3.42. The molecule has 3 aromatic rings. The zero-order valence-corrected chi connectivity index (χ0v) is 21.4. The summed E-state index contributed by atoms with van der Waals surface area (Å²) in [6.45, 7) is 1.01. The molecule has 1 saturated heterocycles. The number of benzene rings is 1. The van der Waals surface area contributed by atoms with Gasteiger partial charge in [0.15, 0.2) is 0 Å². The molecule has 2 aliphatic heterocycles. The lowest BCUT2D eigenvalue weighted by atomic mass is 10.0. The number of amides is 4. The minimum Gasteiger partial charge on any atom is -0.348 e. The van der Waals surface area contributed by atoms with Gasteiger partial charge in [0, 0.05) is 50.4 Å². The summed E-state index contributed by atoms with van der Waals surface area (Å²) < 4.78 is 1.63. The summed E-state index contributed by atoms with van der Waals surface area (Å²) in [5, 5.41) is 13.9. The standard InChI is InChI=1S/C27H30N8O4/c36-24-7-4-12-34-17-21(31-32-34)16-29-25(37)23-18-33(26(38)20-8-10-28-11-9-20)13-14-35(23)27(39)22(30-24)15-19-5-2-1-3-6-19/h1-3,5-6,8-11,17,22-23H,4,7,12-16,18H2,(H,29,37)(H,30,36)/t22-,23+/m0/s1. The van der Waals surface area contributed by atoms with Crippen LogP contribution in [-0.4, -0.2) is 85.1 Å². The highest BCUT2D eigenvalue weighted by atomic mass is 16.2. The highest BCUT2D eigenvalue weighted by Gasteiger charge is 2.40. The van der Waals surface area contributed by atoms with Crippen LogP contribution in [0.5, 0.6) is 0 Å². The first-order valence-electron chi connectivity index (χ1n) is 13.0. The zero-order chi connectivity index (χ0) is 27.2. The molecule has 0 aliphatic carbocycles. The number of pyridine rings is 1. The Labute approximate surface area is 225 Å². The Morgan fingerprint density at radius 2 is 1.79 bits per heavy atom. The number of aromatic nitrogens is 4. The minimum absolute atomic E-state index is 0.0113. The first kappa shape index (κ1) is 26.0. The van der Waals surface area contributed by atoms with Crippen LogP contribution in [0.4, 0.5) is 0 Å². The molecule has 12 heteroatoms. The molecule has 0 radical (unpaired) electrons. The van der Waals surface area contributed by atoms with Gasteiger partial charge in [-0.1, -0.05) is 35.5 Å². The van der Waals surface area contributed by atoms with Crippen LogP contribution in [0.1, 0.15) is 34.5 Å². The van der Waals surface area contributed by atoms with E-state index in [-0.39, 0.29) is 56.7 Å². The van der Waals surface area contributed by atoms with Crippen molar-refractivity contribution in [2.75, 3.05) is 19.6 Å². The molecular weight excluding hydrogens is 500 g/mol. The van der Waals surface area contributed by atoms with Gasteiger partial charge in [-0.15, -0.1) is 5.10 Å². The van der Waals surface area contributed by atoms with E-state index in [2.05, 4.69) is 25.9 Å². The molecule has 2 aromatic heterocycles. The quantitative estimate of drug-likeness (QED) is 0.491. The second-order valence-electron chi connectivity index (χ2n) is 9.64. The number of hydrogen-bond donors (Lipinski definition) is 2. The van der Waals surface area contributed by atoms with Crippen LogP contribution in [-0.2, 0) is 33.9 Å². The van der Waals surface area contributed by atoms with Crippen molar-refractivity contribution in [1.82, 2.24) is 40.4 Å². The number of nitrogens with one attached hydrogen (secondary N) is 2. The Balaban J connectivity index is 1.43. The highest BCUT2D eigenvalue weighted by Crippen LogP contribution is 2.17. The summed E-state index contributed by atoms with van der Waals surface area (Å²) in [4.78, 5) is 60.5. The topological polar surface area (TPSA) is 142 Å². The lowest BCUT2D eigenvalue weighted by Crippen LogP contribution is -2.64. The van der Waals surface area contributed by atoms with Gasteiger partial charge in [-0.2, -0.15) is 0 Å². The molecule has 4 heterocycles. The largest absolute Gasteiger partial charge is 0.348 e. The second-order valence-corrected chi connectivity index (χ2v) is 9.64. The minimum atomic E-state index is -0.951. The predicted octanol–water partition coefficient (Wildman–Crippen LogP) is 0.164. The lowest BCUT2D eigenvalue weighted by Gasteiger charge is -2.42. The molecule has 2 N–H and O–H groups in total. The Hall–Kier alpha value is -4.61. The summed E-state index contributed by atoms with van der Waals surface area (Å²) in [7, 11) is 0. The van der Waals surface area contributed by atoms with Crippen LogP contribution in [0.25, 0.3) is 0 Å². The van der Waals surface area contributed by atoms with E-state index in [1.807, 2.05) is 30.3 Å². The lowest BCUT2D eigenvalue weighted by molar-refractivity contribution is -0.146. The van der Waals surface area contributed by atoms with Gasteiger partial charge >= 0.3 is 0 Å². The van der Waals surface area contributed by atoms with Crippen LogP contribution in [0.2, 0.25) is 0 Å². The maximum absolute atomic E-state index is 14.0. The Kier molecular flexibility index (Phi) is 7.90. The van der Waals surface area contributed by atoms with Crippen LogP contribution >= 0.6 is 0 Å². The molecule has 202 valence electrons. The molecule has 0 spiro atoms. The van der Waals surface area contributed by atoms with Crippen molar-refractivity contribution in [2.45, 2.75) is 44.4 Å². The van der Waals surface area contributed by atoms with Crippen LogP contribution < -0.4 is 10.6 Å². The summed E-state index contributed by atoms with van der Waals surface area (Å²) in [5.74, 6) is -1.27. The fraction of sp³-hybridized carbons (Fsp3) is 0.370. The maximum atomic E-state index is 14.0. The van der Waals surface area contributed by atoms with Gasteiger partial charge in [0.25, 0.3) is 5.91 Å². The van der Waals surface area contributed by atoms with E-state index in [9.17, 15) is 19.2 Å². The van der Waals surface area contributed by atoms with Gasteiger partial charge in [-0.05, 0) is 24.1 Å². The molecule has 1 fully saturated rings. The normalized spacial score (nSPS) is 20.8. The molecule has 2 bridgehead atoms. The highest BCUT2D eigenvalue weighted by molar-refractivity contribution is 5.96. The van der Waals surface area contributed by atoms with Crippen LogP contribution in [0, 0.1) is 0 Å². The molecule has 0 saturated carbocycles. The van der Waals surface area contributed by atoms with Crippen molar-refractivity contribution in [1.29, 1.82) is 0 Å². The number of carbonyl (C=O) groups is 4. The maximum Gasteiger partial charge on any atom is 0.254 e. The van der Waals surface area contributed by atoms with Crippen molar-refractivity contribution >= 4 is 23.6 Å². The summed E-state index contributed by atoms with van der Waals surface area (Å²) in [5.41, 5.74) is 1.90.